The first-order chi connectivity index (χ1) is 12.1. The van der Waals surface area contributed by atoms with Gasteiger partial charge in [-0.05, 0) is 36.8 Å². The summed E-state index contributed by atoms with van der Waals surface area (Å²) in [5.41, 5.74) is 2.53. The average Bonchev–Trinajstić information content (AvgIpc) is 3.28. The highest BCUT2D eigenvalue weighted by molar-refractivity contribution is 6.00. The van der Waals surface area contributed by atoms with Gasteiger partial charge in [0.05, 0.1) is 26.0 Å². The van der Waals surface area contributed by atoms with Crippen molar-refractivity contribution in [3.8, 4) is 23.0 Å². The fourth-order valence-electron chi connectivity index (χ4n) is 2.56. The summed E-state index contributed by atoms with van der Waals surface area (Å²) in [6.45, 7) is 2.15. The van der Waals surface area contributed by atoms with Gasteiger partial charge in [-0.15, -0.1) is 0 Å². The van der Waals surface area contributed by atoms with Gasteiger partial charge in [-0.1, -0.05) is 6.07 Å². The molecule has 0 saturated carbocycles. The van der Waals surface area contributed by atoms with Gasteiger partial charge in [-0.25, -0.2) is 0 Å². The molecule has 130 valence electrons. The van der Waals surface area contributed by atoms with Crippen LogP contribution in [0.3, 0.4) is 0 Å². The van der Waals surface area contributed by atoms with Crippen molar-refractivity contribution in [3.63, 3.8) is 0 Å². The van der Waals surface area contributed by atoms with Crippen molar-refractivity contribution in [3.05, 3.63) is 53.4 Å². The van der Waals surface area contributed by atoms with Gasteiger partial charge in [0.25, 0.3) is 5.91 Å². The quantitative estimate of drug-likeness (QED) is 0.719. The van der Waals surface area contributed by atoms with Crippen LogP contribution in [0.5, 0.6) is 11.5 Å². The van der Waals surface area contributed by atoms with Crippen LogP contribution in [0.15, 0.2) is 41.0 Å². The minimum atomic E-state index is -0.229. The number of H-pyrrole nitrogens is 1. The van der Waals surface area contributed by atoms with Gasteiger partial charge in [0, 0.05) is 12.2 Å². The molecule has 0 fully saturated rings. The van der Waals surface area contributed by atoms with Crippen molar-refractivity contribution in [2.24, 2.45) is 0 Å². The molecule has 0 aliphatic rings. The number of carbonyl (C=O) groups excluding carboxylic acids is 1. The number of amides is 1. The smallest absolute Gasteiger partial charge is 0.255 e. The Labute approximate surface area is 145 Å². The van der Waals surface area contributed by atoms with E-state index in [0.717, 1.165) is 5.56 Å². The van der Waals surface area contributed by atoms with Gasteiger partial charge in [0.15, 0.2) is 17.3 Å². The highest BCUT2D eigenvalue weighted by Gasteiger charge is 2.21. The summed E-state index contributed by atoms with van der Waals surface area (Å²) in [4.78, 5) is 12.6. The van der Waals surface area contributed by atoms with E-state index in [1.807, 2.05) is 12.1 Å². The first-order valence-electron chi connectivity index (χ1n) is 7.72. The van der Waals surface area contributed by atoms with Crippen LogP contribution in [0.1, 0.15) is 21.6 Å². The molecule has 25 heavy (non-hydrogen) atoms. The molecule has 2 heterocycles. The number of hydrogen-bond donors (Lipinski definition) is 2. The summed E-state index contributed by atoms with van der Waals surface area (Å²) in [6.07, 6.45) is 1.55. The second-order valence-corrected chi connectivity index (χ2v) is 5.42. The van der Waals surface area contributed by atoms with Crippen LogP contribution in [0.2, 0.25) is 0 Å². The second-order valence-electron chi connectivity index (χ2n) is 5.42. The zero-order valence-corrected chi connectivity index (χ0v) is 14.3. The molecule has 0 atom stereocenters. The molecule has 1 amide bonds. The molecule has 1 aromatic carbocycles. The van der Waals surface area contributed by atoms with Gasteiger partial charge < -0.3 is 19.2 Å². The Morgan fingerprint density at radius 3 is 2.72 bits per heavy atom. The number of benzene rings is 1. The maximum absolute atomic E-state index is 12.6. The first-order valence-corrected chi connectivity index (χ1v) is 7.72. The van der Waals surface area contributed by atoms with Crippen molar-refractivity contribution < 1.29 is 18.7 Å². The number of rotatable bonds is 6. The fourth-order valence-corrected chi connectivity index (χ4v) is 2.56. The van der Waals surface area contributed by atoms with E-state index in [-0.39, 0.29) is 5.91 Å². The third-order valence-corrected chi connectivity index (χ3v) is 3.83. The molecule has 0 aliphatic carbocycles. The van der Waals surface area contributed by atoms with Crippen molar-refractivity contribution in [2.45, 2.75) is 13.5 Å². The number of ether oxygens (including phenoxy) is 2. The van der Waals surface area contributed by atoms with Gasteiger partial charge >= 0.3 is 0 Å². The molecule has 0 aliphatic heterocycles. The van der Waals surface area contributed by atoms with Gasteiger partial charge in [0.2, 0.25) is 0 Å². The Bertz CT molecular complexity index is 869. The highest BCUT2D eigenvalue weighted by atomic mass is 16.5. The molecule has 0 radical (unpaired) electrons. The predicted molar refractivity (Wildman–Crippen MR) is 91.7 cm³/mol. The lowest BCUT2D eigenvalue weighted by atomic mass is 10.1. The molecule has 0 spiro atoms. The molecule has 0 saturated heterocycles. The monoisotopic (exact) mass is 341 g/mol. The summed E-state index contributed by atoms with van der Waals surface area (Å²) in [5, 5.41) is 9.90. The average molecular weight is 341 g/mol. The number of methoxy groups -OCH3 is 2. The van der Waals surface area contributed by atoms with E-state index in [4.69, 9.17) is 13.9 Å². The van der Waals surface area contributed by atoms with E-state index in [0.29, 0.717) is 40.8 Å². The summed E-state index contributed by atoms with van der Waals surface area (Å²) in [6, 6.07) is 9.02. The summed E-state index contributed by atoms with van der Waals surface area (Å²) < 4.78 is 15.8. The number of aromatic amines is 1. The largest absolute Gasteiger partial charge is 0.493 e. The van der Waals surface area contributed by atoms with Crippen molar-refractivity contribution in [1.29, 1.82) is 0 Å². The molecule has 0 bridgehead atoms. The van der Waals surface area contributed by atoms with Gasteiger partial charge in [0.1, 0.15) is 5.69 Å². The number of aryl methyl sites for hydroxylation is 1. The van der Waals surface area contributed by atoms with Crippen LogP contribution in [0.25, 0.3) is 11.5 Å². The van der Waals surface area contributed by atoms with E-state index >= 15 is 0 Å². The predicted octanol–water partition coefficient (Wildman–Crippen LogP) is 2.93. The van der Waals surface area contributed by atoms with E-state index in [2.05, 4.69) is 15.5 Å². The molecule has 3 rings (SSSR count). The lowest BCUT2D eigenvalue weighted by Crippen LogP contribution is -2.23. The molecular weight excluding hydrogens is 322 g/mol. The number of nitrogens with zero attached hydrogens (tertiary/aromatic N) is 1. The van der Waals surface area contributed by atoms with Crippen molar-refractivity contribution in [2.75, 3.05) is 14.2 Å². The molecule has 7 nitrogen and oxygen atoms in total. The van der Waals surface area contributed by atoms with E-state index < -0.39 is 0 Å². The number of hydrogen-bond acceptors (Lipinski definition) is 5. The minimum absolute atomic E-state index is 0.229. The Morgan fingerprint density at radius 2 is 2.04 bits per heavy atom. The molecule has 7 heteroatoms. The SMILES string of the molecule is COc1ccc(CNC(=O)c2c(-c3ccco3)n[nH]c2C)cc1OC. The fraction of sp³-hybridized carbons (Fsp3) is 0.222. The van der Waals surface area contributed by atoms with Crippen LogP contribution in [0.4, 0.5) is 0 Å². The Hall–Kier alpha value is -3.22. The molecule has 0 unspecified atom stereocenters. The molecule has 3 aromatic rings. The second kappa shape index (κ2) is 7.12. The summed E-state index contributed by atoms with van der Waals surface area (Å²) >= 11 is 0. The zero-order valence-electron chi connectivity index (χ0n) is 14.3. The summed E-state index contributed by atoms with van der Waals surface area (Å²) in [5.74, 6) is 1.57. The summed E-state index contributed by atoms with van der Waals surface area (Å²) in [7, 11) is 3.15. The minimum Gasteiger partial charge on any atom is -0.493 e. The van der Waals surface area contributed by atoms with Crippen LogP contribution < -0.4 is 14.8 Å². The third kappa shape index (κ3) is 3.35. The Morgan fingerprint density at radius 1 is 1.24 bits per heavy atom. The molecule has 2 N–H and O–H groups in total. The maximum atomic E-state index is 12.6. The highest BCUT2D eigenvalue weighted by Crippen LogP contribution is 2.28. The third-order valence-electron chi connectivity index (χ3n) is 3.83. The Balaban J connectivity index is 1.77. The van der Waals surface area contributed by atoms with Crippen LogP contribution in [0, 0.1) is 6.92 Å². The van der Waals surface area contributed by atoms with E-state index in [1.165, 1.54) is 0 Å². The Kier molecular flexibility index (Phi) is 4.74. The first kappa shape index (κ1) is 16.6. The lowest BCUT2D eigenvalue weighted by molar-refractivity contribution is 0.0951. The van der Waals surface area contributed by atoms with Gasteiger partial charge in [-0.2, -0.15) is 5.10 Å². The van der Waals surface area contributed by atoms with Crippen LogP contribution in [-0.2, 0) is 6.54 Å². The number of nitrogens with one attached hydrogen (secondary N) is 2. The zero-order chi connectivity index (χ0) is 17.8. The van der Waals surface area contributed by atoms with E-state index in [1.54, 1.807) is 45.6 Å². The van der Waals surface area contributed by atoms with Crippen molar-refractivity contribution >= 4 is 5.91 Å². The topological polar surface area (TPSA) is 89.4 Å². The molecular formula is C18H19N3O4. The number of furan rings is 1. The maximum Gasteiger partial charge on any atom is 0.255 e. The lowest BCUT2D eigenvalue weighted by Gasteiger charge is -2.10. The standard InChI is InChI=1S/C18H19N3O4/c1-11-16(17(21-20-11)14-5-4-8-25-14)18(22)19-10-12-6-7-13(23-2)15(9-12)24-3/h4-9H,10H2,1-3H3,(H,19,22)(H,20,21). The number of aromatic nitrogens is 2. The van der Waals surface area contributed by atoms with E-state index in [9.17, 15) is 4.79 Å². The van der Waals surface area contributed by atoms with Crippen molar-refractivity contribution in [1.82, 2.24) is 15.5 Å². The normalized spacial score (nSPS) is 10.5. The molecule has 2 aromatic heterocycles. The van der Waals surface area contributed by atoms with Crippen LogP contribution >= 0.6 is 0 Å². The van der Waals surface area contributed by atoms with Crippen LogP contribution in [-0.4, -0.2) is 30.3 Å². The number of carbonyl (C=O) groups is 1. The van der Waals surface area contributed by atoms with Gasteiger partial charge in [-0.3, -0.25) is 9.89 Å².